The molecule has 4 nitrogen and oxygen atoms in total. The van der Waals surface area contributed by atoms with Crippen molar-refractivity contribution in [1.82, 2.24) is 4.98 Å². The van der Waals surface area contributed by atoms with Gasteiger partial charge in [0, 0.05) is 17.1 Å². The topological polar surface area (TPSA) is 62.3 Å². The second kappa shape index (κ2) is 3.52. The summed E-state index contributed by atoms with van der Waals surface area (Å²) in [6, 6.07) is 7.52. The molecule has 0 bridgehead atoms. The molecule has 88 valence electrons. The van der Waals surface area contributed by atoms with Crippen LogP contribution in [0.3, 0.4) is 0 Å². The van der Waals surface area contributed by atoms with Crippen molar-refractivity contribution in [3.63, 3.8) is 0 Å². The predicted octanol–water partition coefficient (Wildman–Crippen LogP) is 2.55. The molecule has 2 aromatic rings. The van der Waals surface area contributed by atoms with E-state index in [9.17, 15) is 9.90 Å². The summed E-state index contributed by atoms with van der Waals surface area (Å²) in [4.78, 5) is 14.3. The molecule has 3 rings (SSSR count). The van der Waals surface area contributed by atoms with Crippen LogP contribution in [0.4, 0.5) is 0 Å². The molecular formula is C13H13NO3. The number of fused-ring (bicyclic) bond motifs is 1. The van der Waals surface area contributed by atoms with Gasteiger partial charge in [-0.25, -0.2) is 4.79 Å². The lowest BCUT2D eigenvalue weighted by atomic mass is 9.80. The van der Waals surface area contributed by atoms with Crippen molar-refractivity contribution < 1.29 is 14.6 Å². The minimum absolute atomic E-state index is 0.591. The monoisotopic (exact) mass is 231 g/mol. The molecule has 0 amide bonds. The summed E-state index contributed by atoms with van der Waals surface area (Å²) in [5.74, 6) is -0.239. The number of nitrogens with one attached hydrogen (secondary N) is 1. The van der Waals surface area contributed by atoms with Crippen LogP contribution in [0, 0.1) is 0 Å². The molecule has 1 saturated carbocycles. The van der Waals surface area contributed by atoms with Gasteiger partial charge in [0.2, 0.25) is 5.60 Å². The van der Waals surface area contributed by atoms with Crippen LogP contribution >= 0.6 is 0 Å². The van der Waals surface area contributed by atoms with Gasteiger partial charge >= 0.3 is 5.97 Å². The maximum Gasteiger partial charge on any atom is 0.348 e. The highest BCUT2D eigenvalue weighted by atomic mass is 16.5. The highest BCUT2D eigenvalue weighted by Crippen LogP contribution is 2.37. The van der Waals surface area contributed by atoms with Crippen LogP contribution in [0.2, 0.25) is 0 Å². The van der Waals surface area contributed by atoms with Gasteiger partial charge < -0.3 is 14.8 Å². The number of aliphatic carboxylic acids is 1. The quantitative estimate of drug-likeness (QED) is 0.853. The molecule has 0 atom stereocenters. The lowest BCUT2D eigenvalue weighted by Crippen LogP contribution is -2.50. The highest BCUT2D eigenvalue weighted by Gasteiger charge is 2.47. The Morgan fingerprint density at radius 3 is 2.82 bits per heavy atom. The first-order valence-corrected chi connectivity index (χ1v) is 5.69. The van der Waals surface area contributed by atoms with Crippen LogP contribution in [0.25, 0.3) is 10.9 Å². The molecule has 1 aliphatic carbocycles. The number of benzene rings is 1. The van der Waals surface area contributed by atoms with Crippen LogP contribution in [0.5, 0.6) is 5.75 Å². The molecule has 0 unspecified atom stereocenters. The van der Waals surface area contributed by atoms with Crippen LogP contribution in [-0.4, -0.2) is 21.7 Å². The highest BCUT2D eigenvalue weighted by molar-refractivity contribution is 5.82. The summed E-state index contributed by atoms with van der Waals surface area (Å²) < 4.78 is 5.66. The molecule has 1 aliphatic rings. The Hall–Kier alpha value is -1.97. The minimum atomic E-state index is -0.996. The fourth-order valence-electron chi connectivity index (χ4n) is 2.18. The number of ether oxygens (including phenoxy) is 1. The number of carbonyl (C=O) groups is 1. The Bertz CT molecular complexity index is 569. The van der Waals surface area contributed by atoms with Crippen molar-refractivity contribution >= 4 is 16.9 Å². The van der Waals surface area contributed by atoms with E-state index < -0.39 is 11.6 Å². The number of hydrogen-bond donors (Lipinski definition) is 2. The van der Waals surface area contributed by atoms with E-state index >= 15 is 0 Å². The zero-order chi connectivity index (χ0) is 11.9. The first kappa shape index (κ1) is 10.2. The lowest BCUT2D eigenvalue weighted by molar-refractivity contribution is -0.163. The van der Waals surface area contributed by atoms with Crippen molar-refractivity contribution in [2.75, 3.05) is 0 Å². The molecule has 1 fully saturated rings. The number of H-pyrrole nitrogens is 1. The Kier molecular flexibility index (Phi) is 2.11. The third kappa shape index (κ3) is 1.56. The Balaban J connectivity index is 1.91. The average Bonchev–Trinajstić information content (AvgIpc) is 2.69. The summed E-state index contributed by atoms with van der Waals surface area (Å²) in [6.07, 6.45) is 3.95. The number of aromatic nitrogens is 1. The van der Waals surface area contributed by atoms with E-state index in [1.807, 2.05) is 30.5 Å². The Morgan fingerprint density at radius 2 is 2.18 bits per heavy atom. The fourth-order valence-corrected chi connectivity index (χ4v) is 2.18. The smallest absolute Gasteiger partial charge is 0.348 e. The van der Waals surface area contributed by atoms with Crippen molar-refractivity contribution in [2.45, 2.75) is 24.9 Å². The van der Waals surface area contributed by atoms with Crippen molar-refractivity contribution in [3.05, 3.63) is 30.5 Å². The molecule has 1 heterocycles. The van der Waals surface area contributed by atoms with Gasteiger partial charge in [-0.15, -0.1) is 0 Å². The van der Waals surface area contributed by atoms with Gasteiger partial charge in [-0.2, -0.15) is 0 Å². The van der Waals surface area contributed by atoms with E-state index in [0.29, 0.717) is 18.6 Å². The summed E-state index contributed by atoms with van der Waals surface area (Å²) >= 11 is 0. The molecule has 0 aliphatic heterocycles. The second-order valence-corrected chi connectivity index (χ2v) is 4.48. The van der Waals surface area contributed by atoms with Gasteiger partial charge in [-0.3, -0.25) is 0 Å². The largest absolute Gasteiger partial charge is 0.478 e. The van der Waals surface area contributed by atoms with Gasteiger partial charge in [-0.1, -0.05) is 0 Å². The maximum atomic E-state index is 11.2. The van der Waals surface area contributed by atoms with E-state index in [-0.39, 0.29) is 0 Å². The zero-order valence-electron chi connectivity index (χ0n) is 9.27. The van der Waals surface area contributed by atoms with Gasteiger partial charge in [0.25, 0.3) is 0 Å². The van der Waals surface area contributed by atoms with Gasteiger partial charge in [-0.05, 0) is 43.5 Å². The van der Waals surface area contributed by atoms with Crippen LogP contribution in [-0.2, 0) is 4.79 Å². The first-order valence-electron chi connectivity index (χ1n) is 5.69. The summed E-state index contributed by atoms with van der Waals surface area (Å²) in [6.45, 7) is 0. The minimum Gasteiger partial charge on any atom is -0.478 e. The average molecular weight is 231 g/mol. The number of carboxylic acid groups (broad SMARTS) is 1. The molecule has 1 aromatic heterocycles. The van der Waals surface area contributed by atoms with Crippen molar-refractivity contribution in [3.8, 4) is 5.75 Å². The van der Waals surface area contributed by atoms with Crippen molar-refractivity contribution in [1.29, 1.82) is 0 Å². The van der Waals surface area contributed by atoms with Gasteiger partial charge in [0.1, 0.15) is 5.75 Å². The lowest BCUT2D eigenvalue weighted by Gasteiger charge is -2.37. The molecule has 0 radical (unpaired) electrons. The third-order valence-electron chi connectivity index (χ3n) is 3.39. The molecule has 1 aromatic carbocycles. The Labute approximate surface area is 98.2 Å². The fraction of sp³-hybridized carbons (Fsp3) is 0.308. The van der Waals surface area contributed by atoms with E-state index in [1.54, 1.807) is 0 Å². The van der Waals surface area contributed by atoms with E-state index in [2.05, 4.69) is 4.98 Å². The summed E-state index contributed by atoms with van der Waals surface area (Å²) in [7, 11) is 0. The van der Waals surface area contributed by atoms with E-state index in [1.165, 1.54) is 0 Å². The molecule has 2 N–H and O–H groups in total. The summed E-state index contributed by atoms with van der Waals surface area (Å²) in [5.41, 5.74) is 0.0274. The third-order valence-corrected chi connectivity index (χ3v) is 3.39. The van der Waals surface area contributed by atoms with Crippen LogP contribution in [0.1, 0.15) is 19.3 Å². The number of rotatable bonds is 3. The molecule has 17 heavy (non-hydrogen) atoms. The SMILES string of the molecule is O=C(O)C1(Oc2ccc3[nH]ccc3c2)CCC1. The number of hydrogen-bond acceptors (Lipinski definition) is 2. The normalized spacial score (nSPS) is 17.6. The van der Waals surface area contributed by atoms with Gasteiger partial charge in [0.15, 0.2) is 0 Å². The molecule has 0 saturated heterocycles. The standard InChI is InChI=1S/C13H13NO3/c15-12(16)13(5-1-6-13)17-10-2-3-11-9(8-10)4-7-14-11/h2-4,7-8,14H,1,5-6H2,(H,15,16). The zero-order valence-corrected chi connectivity index (χ0v) is 9.27. The molecule has 0 spiro atoms. The Morgan fingerprint density at radius 1 is 1.35 bits per heavy atom. The molecule has 4 heteroatoms. The predicted molar refractivity (Wildman–Crippen MR) is 63.1 cm³/mol. The first-order chi connectivity index (χ1) is 8.20. The number of aromatic amines is 1. The van der Waals surface area contributed by atoms with Gasteiger partial charge in [0.05, 0.1) is 0 Å². The van der Waals surface area contributed by atoms with E-state index in [0.717, 1.165) is 17.3 Å². The second-order valence-electron chi connectivity index (χ2n) is 4.48. The number of carboxylic acids is 1. The van der Waals surface area contributed by atoms with Crippen LogP contribution in [0.15, 0.2) is 30.5 Å². The summed E-state index contributed by atoms with van der Waals surface area (Å²) in [5, 5.41) is 10.2. The molecular weight excluding hydrogens is 218 g/mol. The van der Waals surface area contributed by atoms with E-state index in [4.69, 9.17) is 4.74 Å². The maximum absolute atomic E-state index is 11.2. The van der Waals surface area contributed by atoms with Crippen molar-refractivity contribution in [2.24, 2.45) is 0 Å². The van der Waals surface area contributed by atoms with Crippen LogP contribution < -0.4 is 4.74 Å².